The summed E-state index contributed by atoms with van der Waals surface area (Å²) < 4.78 is 19.5. The molecule has 32 heavy (non-hydrogen) atoms. The topological polar surface area (TPSA) is 105 Å². The van der Waals surface area contributed by atoms with Crippen molar-refractivity contribution in [3.05, 3.63) is 65.5 Å². The Morgan fingerprint density at radius 2 is 1.94 bits per heavy atom. The van der Waals surface area contributed by atoms with E-state index in [2.05, 4.69) is 22.3 Å². The highest BCUT2D eigenvalue weighted by Gasteiger charge is 2.47. The van der Waals surface area contributed by atoms with E-state index >= 15 is 0 Å². The average molecular weight is 442 g/mol. The summed E-state index contributed by atoms with van der Waals surface area (Å²) in [5.74, 6) is -0.925. The number of carbonyl (C=O) groups is 2. The maximum atomic E-state index is 13.6. The molecule has 1 aliphatic heterocycles. The van der Waals surface area contributed by atoms with Gasteiger partial charge in [-0.2, -0.15) is 0 Å². The quantitative estimate of drug-likeness (QED) is 0.604. The third-order valence-electron chi connectivity index (χ3n) is 6.24. The predicted molar refractivity (Wildman–Crippen MR) is 116 cm³/mol. The van der Waals surface area contributed by atoms with E-state index in [1.807, 2.05) is 12.1 Å². The Hall–Kier alpha value is -2.97. The molecule has 7 nitrogen and oxygen atoms in total. The number of nitrogens with one attached hydrogen (secondary N) is 1. The van der Waals surface area contributed by atoms with Gasteiger partial charge >= 0.3 is 0 Å². The van der Waals surface area contributed by atoms with Crippen LogP contribution >= 0.6 is 0 Å². The predicted octanol–water partition coefficient (Wildman–Crippen LogP) is 1.51. The second-order valence-electron chi connectivity index (χ2n) is 8.46. The molecular weight excluding hydrogens is 413 g/mol. The Labute approximate surface area is 186 Å². The van der Waals surface area contributed by atoms with Crippen molar-refractivity contribution in [1.82, 2.24) is 10.2 Å². The Bertz CT molecular complexity index is 985. The van der Waals surface area contributed by atoms with Gasteiger partial charge in [-0.25, -0.2) is 4.39 Å². The maximum absolute atomic E-state index is 13.6. The molecule has 0 bridgehead atoms. The molecule has 1 fully saturated rings. The first-order valence-electron chi connectivity index (χ1n) is 10.9. The van der Waals surface area contributed by atoms with Crippen molar-refractivity contribution in [2.75, 3.05) is 6.54 Å². The summed E-state index contributed by atoms with van der Waals surface area (Å²) >= 11 is 0. The van der Waals surface area contributed by atoms with Crippen molar-refractivity contribution < 1.29 is 23.8 Å². The van der Waals surface area contributed by atoms with E-state index in [0.717, 1.165) is 13.0 Å². The minimum Gasteiger partial charge on any atom is -0.487 e. The maximum Gasteiger partial charge on any atom is 0.220 e. The highest BCUT2D eigenvalue weighted by molar-refractivity contribution is 5.83. The molecular formula is C24H28FN3O4. The minimum absolute atomic E-state index is 0.00704. The van der Waals surface area contributed by atoms with Crippen LogP contribution < -0.4 is 15.8 Å². The lowest BCUT2D eigenvalue weighted by atomic mass is 9.97. The average Bonchev–Trinajstić information content (AvgIpc) is 3.06. The van der Waals surface area contributed by atoms with E-state index < -0.39 is 23.9 Å². The molecule has 2 aromatic rings. The number of aliphatic hydroxyl groups excluding tert-OH is 1. The van der Waals surface area contributed by atoms with E-state index in [4.69, 9.17) is 10.5 Å². The number of halogens is 1. The van der Waals surface area contributed by atoms with E-state index in [9.17, 15) is 19.1 Å². The standard InChI is InChI=1S/C24H28FN3O4/c25-17-6-3-7-18(12-17)32-20-13-19(27-22(30)9-8-21(26)29)23(24(20)31)28-11-10-15-4-1-2-5-16(15)14-28/h1-7,12,19-20,23-24,31H,8-11,13-14H2,(H2,26,29)(H,27,30)/t19-,20-,23+,24+/m1/s1. The van der Waals surface area contributed by atoms with E-state index in [-0.39, 0.29) is 30.8 Å². The highest BCUT2D eigenvalue weighted by atomic mass is 19.1. The van der Waals surface area contributed by atoms with Gasteiger partial charge in [0.05, 0.1) is 12.1 Å². The Morgan fingerprint density at radius 1 is 1.16 bits per heavy atom. The third-order valence-corrected chi connectivity index (χ3v) is 6.24. The van der Waals surface area contributed by atoms with Gasteiger partial charge in [0.15, 0.2) is 0 Å². The number of hydrogen-bond acceptors (Lipinski definition) is 5. The molecule has 4 N–H and O–H groups in total. The fraction of sp³-hybridized carbons (Fsp3) is 0.417. The van der Waals surface area contributed by atoms with E-state index in [1.54, 1.807) is 12.1 Å². The highest BCUT2D eigenvalue weighted by Crippen LogP contribution is 2.32. The SMILES string of the molecule is NC(=O)CCC(=O)N[C@@H]1C[C@@H](Oc2cccc(F)c2)[C@H](O)[C@H]1N1CCc2ccccc2C1. The van der Waals surface area contributed by atoms with Crippen LogP contribution in [0.25, 0.3) is 0 Å². The molecule has 1 saturated carbocycles. The van der Waals surface area contributed by atoms with Gasteiger partial charge in [0.2, 0.25) is 11.8 Å². The van der Waals surface area contributed by atoms with Crippen molar-refractivity contribution in [3.8, 4) is 5.75 Å². The first-order chi connectivity index (χ1) is 15.4. The van der Waals surface area contributed by atoms with Gasteiger partial charge in [0, 0.05) is 38.4 Å². The number of amides is 2. The summed E-state index contributed by atoms with van der Waals surface area (Å²) in [5, 5.41) is 14.2. The fourth-order valence-corrected chi connectivity index (χ4v) is 4.72. The fourth-order valence-electron chi connectivity index (χ4n) is 4.72. The smallest absolute Gasteiger partial charge is 0.220 e. The summed E-state index contributed by atoms with van der Waals surface area (Å²) in [6, 6.07) is 13.2. The summed E-state index contributed by atoms with van der Waals surface area (Å²) in [5.41, 5.74) is 7.64. The molecule has 4 atom stereocenters. The molecule has 4 rings (SSSR count). The Kier molecular flexibility index (Phi) is 6.72. The normalized spacial score (nSPS) is 25.2. The summed E-state index contributed by atoms with van der Waals surface area (Å²) in [4.78, 5) is 25.7. The molecule has 2 aromatic carbocycles. The molecule has 0 aromatic heterocycles. The van der Waals surface area contributed by atoms with Gasteiger partial charge in [-0.05, 0) is 29.7 Å². The molecule has 1 heterocycles. The number of nitrogens with two attached hydrogens (primary N) is 1. The monoisotopic (exact) mass is 441 g/mol. The summed E-state index contributed by atoms with van der Waals surface area (Å²) in [6.07, 6.45) is -0.329. The van der Waals surface area contributed by atoms with Crippen LogP contribution in [-0.2, 0) is 22.6 Å². The number of ether oxygens (including phenoxy) is 1. The van der Waals surface area contributed by atoms with Crippen LogP contribution in [0.2, 0.25) is 0 Å². The number of fused-ring (bicyclic) bond motifs is 1. The van der Waals surface area contributed by atoms with Crippen molar-refractivity contribution in [3.63, 3.8) is 0 Å². The van der Waals surface area contributed by atoms with Crippen molar-refractivity contribution in [2.45, 2.75) is 56.5 Å². The molecule has 2 aliphatic rings. The summed E-state index contributed by atoms with van der Waals surface area (Å²) in [6.45, 7) is 1.39. The number of carbonyl (C=O) groups excluding carboxylic acids is 2. The number of benzene rings is 2. The van der Waals surface area contributed by atoms with Crippen molar-refractivity contribution in [1.29, 1.82) is 0 Å². The van der Waals surface area contributed by atoms with Crippen LogP contribution in [0.3, 0.4) is 0 Å². The molecule has 8 heteroatoms. The number of primary amides is 1. The van der Waals surface area contributed by atoms with Crippen molar-refractivity contribution in [2.24, 2.45) is 5.73 Å². The number of hydrogen-bond donors (Lipinski definition) is 3. The minimum atomic E-state index is -0.884. The number of nitrogens with zero attached hydrogens (tertiary/aromatic N) is 1. The van der Waals surface area contributed by atoms with Crippen molar-refractivity contribution >= 4 is 11.8 Å². The van der Waals surface area contributed by atoms with Crippen LogP contribution in [-0.4, -0.2) is 52.7 Å². The van der Waals surface area contributed by atoms with Gasteiger partial charge in [-0.1, -0.05) is 30.3 Å². The van der Waals surface area contributed by atoms with Gasteiger partial charge in [0.25, 0.3) is 0 Å². The Morgan fingerprint density at radius 3 is 2.69 bits per heavy atom. The molecule has 0 radical (unpaired) electrons. The van der Waals surface area contributed by atoms with Crippen LogP contribution in [0.15, 0.2) is 48.5 Å². The van der Waals surface area contributed by atoms with Gasteiger partial charge in [-0.3, -0.25) is 14.5 Å². The lowest BCUT2D eigenvalue weighted by molar-refractivity contribution is -0.125. The van der Waals surface area contributed by atoms with Crippen LogP contribution in [0.1, 0.15) is 30.4 Å². The molecule has 1 aliphatic carbocycles. The summed E-state index contributed by atoms with van der Waals surface area (Å²) in [7, 11) is 0. The molecule has 170 valence electrons. The van der Waals surface area contributed by atoms with Gasteiger partial charge in [-0.15, -0.1) is 0 Å². The zero-order valence-electron chi connectivity index (χ0n) is 17.7. The van der Waals surface area contributed by atoms with Crippen LogP contribution in [0.5, 0.6) is 5.75 Å². The van der Waals surface area contributed by atoms with Crippen LogP contribution in [0, 0.1) is 5.82 Å². The Balaban J connectivity index is 1.52. The third kappa shape index (κ3) is 5.08. The van der Waals surface area contributed by atoms with E-state index in [0.29, 0.717) is 18.7 Å². The second kappa shape index (κ2) is 9.67. The lowest BCUT2D eigenvalue weighted by Gasteiger charge is -2.38. The van der Waals surface area contributed by atoms with Crippen LogP contribution in [0.4, 0.5) is 4.39 Å². The first kappa shape index (κ1) is 22.2. The zero-order chi connectivity index (χ0) is 22.7. The van der Waals surface area contributed by atoms with E-state index in [1.165, 1.54) is 23.3 Å². The van der Waals surface area contributed by atoms with Gasteiger partial charge in [0.1, 0.15) is 23.8 Å². The molecule has 2 amide bonds. The second-order valence-corrected chi connectivity index (χ2v) is 8.46. The largest absolute Gasteiger partial charge is 0.487 e. The molecule has 0 spiro atoms. The molecule has 0 unspecified atom stereocenters. The molecule has 0 saturated heterocycles. The zero-order valence-corrected chi connectivity index (χ0v) is 17.7. The first-order valence-corrected chi connectivity index (χ1v) is 10.9. The number of rotatable bonds is 7. The lowest BCUT2D eigenvalue weighted by Crippen LogP contribution is -2.54. The van der Waals surface area contributed by atoms with Gasteiger partial charge < -0.3 is 20.9 Å². The number of aliphatic hydroxyl groups is 1.